The highest BCUT2D eigenvalue weighted by Crippen LogP contribution is 2.54. The van der Waals surface area contributed by atoms with Crippen LogP contribution in [0.3, 0.4) is 0 Å². The predicted octanol–water partition coefficient (Wildman–Crippen LogP) is 9.86. The van der Waals surface area contributed by atoms with Gasteiger partial charge in [0.1, 0.15) is 0 Å². The van der Waals surface area contributed by atoms with Crippen molar-refractivity contribution in [3.63, 3.8) is 0 Å². The van der Waals surface area contributed by atoms with Crippen molar-refractivity contribution in [2.45, 2.75) is 0 Å². The van der Waals surface area contributed by atoms with Crippen molar-refractivity contribution in [2.75, 3.05) is 5.06 Å². The molecule has 0 aliphatic rings. The van der Waals surface area contributed by atoms with Crippen molar-refractivity contribution in [1.82, 2.24) is 0 Å². The average molecular weight is 529 g/mol. The van der Waals surface area contributed by atoms with Crippen molar-refractivity contribution in [3.8, 4) is 0 Å². The molecular formula is C12Cl10NO-. The molecule has 0 aliphatic carbocycles. The lowest BCUT2D eigenvalue weighted by molar-refractivity contribution is 1.30. The highest BCUT2D eigenvalue weighted by atomic mass is 35.5. The topological polar surface area (TPSA) is 26.3 Å². The maximum absolute atomic E-state index is 12.8. The van der Waals surface area contributed by atoms with Gasteiger partial charge in [-0.2, -0.15) is 0 Å². The van der Waals surface area contributed by atoms with E-state index in [-0.39, 0.29) is 66.7 Å². The van der Waals surface area contributed by atoms with Crippen LogP contribution in [0, 0.1) is 5.21 Å². The standard InChI is InChI=1S/C12Cl10NO/c13-1-3(15)7(19)11(8(20)4(1)16)23(24)12-9(21)5(17)2(14)6(18)10(12)22/q-1. The molecule has 2 rings (SSSR count). The lowest BCUT2D eigenvalue weighted by atomic mass is 10.2. The summed E-state index contributed by atoms with van der Waals surface area (Å²) >= 11 is 59.8. The van der Waals surface area contributed by atoms with E-state index < -0.39 is 0 Å². The van der Waals surface area contributed by atoms with Gasteiger partial charge in [-0.3, -0.25) is 0 Å². The number of anilines is 2. The Labute approximate surface area is 186 Å². The van der Waals surface area contributed by atoms with Gasteiger partial charge in [-0.15, -0.1) is 0 Å². The molecule has 130 valence electrons. The van der Waals surface area contributed by atoms with Crippen LogP contribution in [0.2, 0.25) is 50.2 Å². The fourth-order valence-corrected chi connectivity index (χ4v) is 4.22. The van der Waals surface area contributed by atoms with Gasteiger partial charge in [-0.1, -0.05) is 116 Å². The largest absolute Gasteiger partial charge is 0.754 e. The quantitative estimate of drug-likeness (QED) is 0.220. The van der Waals surface area contributed by atoms with E-state index in [0.29, 0.717) is 0 Å². The van der Waals surface area contributed by atoms with E-state index >= 15 is 0 Å². The molecule has 0 fully saturated rings. The van der Waals surface area contributed by atoms with Crippen molar-refractivity contribution < 1.29 is 0 Å². The van der Waals surface area contributed by atoms with Crippen molar-refractivity contribution >= 4 is 127 Å². The highest BCUT2D eigenvalue weighted by molar-refractivity contribution is 6.58. The molecule has 0 spiro atoms. The number of halogens is 10. The van der Waals surface area contributed by atoms with Crippen molar-refractivity contribution in [2.24, 2.45) is 0 Å². The lowest BCUT2D eigenvalue weighted by Crippen LogP contribution is -2.11. The van der Waals surface area contributed by atoms with Gasteiger partial charge in [0.25, 0.3) is 0 Å². The summed E-state index contributed by atoms with van der Waals surface area (Å²) in [6.07, 6.45) is 0. The summed E-state index contributed by atoms with van der Waals surface area (Å²) in [5.41, 5.74) is -0.674. The minimum absolute atomic E-state index is 0.116. The van der Waals surface area contributed by atoms with Gasteiger partial charge < -0.3 is 10.3 Å². The molecule has 0 heterocycles. The van der Waals surface area contributed by atoms with E-state index in [1.165, 1.54) is 0 Å². The van der Waals surface area contributed by atoms with E-state index in [0.717, 1.165) is 0 Å². The number of benzene rings is 2. The van der Waals surface area contributed by atoms with E-state index in [4.69, 9.17) is 116 Å². The molecule has 0 N–H and O–H groups in total. The summed E-state index contributed by atoms with van der Waals surface area (Å²) in [6, 6.07) is 0. The zero-order chi connectivity index (χ0) is 18.5. The first-order chi connectivity index (χ1) is 11.0. The van der Waals surface area contributed by atoms with Gasteiger partial charge in [0.05, 0.1) is 61.6 Å². The van der Waals surface area contributed by atoms with Crippen molar-refractivity contribution in [1.29, 1.82) is 0 Å². The monoisotopic (exact) mass is 524 g/mol. The highest BCUT2D eigenvalue weighted by Gasteiger charge is 2.26. The number of rotatable bonds is 2. The van der Waals surface area contributed by atoms with Crippen LogP contribution < -0.4 is 5.06 Å². The number of hydrogen-bond donors (Lipinski definition) is 0. The van der Waals surface area contributed by atoms with Gasteiger partial charge in [0.2, 0.25) is 0 Å². The fraction of sp³-hybridized carbons (Fsp3) is 0. The van der Waals surface area contributed by atoms with Gasteiger partial charge in [-0.05, 0) is 0 Å². The first kappa shape index (κ1) is 21.4. The van der Waals surface area contributed by atoms with E-state index in [1.807, 2.05) is 0 Å². The molecule has 2 aromatic carbocycles. The van der Waals surface area contributed by atoms with Crippen LogP contribution in [0.4, 0.5) is 11.4 Å². The summed E-state index contributed by atoms with van der Waals surface area (Å²) in [5, 5.41) is 11.0. The van der Waals surface area contributed by atoms with E-state index in [9.17, 15) is 5.21 Å². The Bertz CT molecular complexity index is 725. The van der Waals surface area contributed by atoms with Gasteiger partial charge in [0.15, 0.2) is 0 Å². The third kappa shape index (κ3) is 3.46. The second kappa shape index (κ2) is 8.00. The Kier molecular flexibility index (Phi) is 7.13. The van der Waals surface area contributed by atoms with Gasteiger partial charge in [-0.25, -0.2) is 0 Å². The molecule has 24 heavy (non-hydrogen) atoms. The fourth-order valence-electron chi connectivity index (χ4n) is 1.66. The lowest BCUT2D eigenvalue weighted by Gasteiger charge is -2.35. The van der Waals surface area contributed by atoms with E-state index in [2.05, 4.69) is 0 Å². The van der Waals surface area contributed by atoms with Gasteiger partial charge >= 0.3 is 0 Å². The maximum atomic E-state index is 12.8. The zero-order valence-electron chi connectivity index (χ0n) is 10.6. The van der Waals surface area contributed by atoms with Crippen LogP contribution >= 0.6 is 116 Å². The summed E-state index contributed by atoms with van der Waals surface area (Å²) in [5.74, 6) is 0. The van der Waals surface area contributed by atoms with Crippen LogP contribution in [0.5, 0.6) is 0 Å². The normalized spacial score (nSPS) is 11.1. The van der Waals surface area contributed by atoms with Crippen LogP contribution in [-0.2, 0) is 0 Å². The van der Waals surface area contributed by atoms with Crippen LogP contribution in [0.25, 0.3) is 0 Å². The van der Waals surface area contributed by atoms with E-state index in [1.54, 1.807) is 0 Å². The smallest absolute Gasteiger partial charge is 0.0852 e. The Morgan fingerprint density at radius 1 is 0.375 bits per heavy atom. The molecule has 0 amide bonds. The first-order valence-electron chi connectivity index (χ1n) is 5.52. The average Bonchev–Trinajstić information content (AvgIpc) is 2.55. The molecule has 0 aromatic heterocycles. The summed E-state index contributed by atoms with van der Waals surface area (Å²) in [7, 11) is 0. The third-order valence-corrected chi connectivity index (χ3v) is 7.29. The van der Waals surface area contributed by atoms with Crippen LogP contribution in [-0.4, -0.2) is 0 Å². The minimum atomic E-state index is -0.337. The Balaban J connectivity index is 2.84. The Morgan fingerprint density at radius 3 is 0.750 bits per heavy atom. The molecule has 0 aliphatic heterocycles. The molecule has 0 saturated carbocycles. The molecule has 2 nitrogen and oxygen atoms in total. The summed E-state index contributed by atoms with van der Waals surface area (Å²) in [6.45, 7) is 0. The molecule has 0 radical (unpaired) electrons. The Hall–Kier alpha value is 1.10. The van der Waals surface area contributed by atoms with Gasteiger partial charge in [0, 0.05) is 0 Å². The molecule has 0 unspecified atom stereocenters. The molecule has 0 saturated heterocycles. The molecular weight excluding hydrogens is 529 g/mol. The summed E-state index contributed by atoms with van der Waals surface area (Å²) in [4.78, 5) is 0. The first-order valence-corrected chi connectivity index (χ1v) is 9.30. The minimum Gasteiger partial charge on any atom is -0.754 e. The molecule has 12 heteroatoms. The second-order valence-electron chi connectivity index (χ2n) is 4.13. The molecule has 0 bridgehead atoms. The predicted molar refractivity (Wildman–Crippen MR) is 108 cm³/mol. The van der Waals surface area contributed by atoms with Crippen molar-refractivity contribution in [3.05, 3.63) is 55.4 Å². The number of hydrogen-bond acceptors (Lipinski definition) is 2. The molecule has 0 atom stereocenters. The molecule has 2 aromatic rings. The zero-order valence-corrected chi connectivity index (χ0v) is 18.2. The second-order valence-corrected chi connectivity index (χ2v) is 7.91. The van der Waals surface area contributed by atoms with Crippen LogP contribution in [0.15, 0.2) is 0 Å². The van der Waals surface area contributed by atoms with Crippen LogP contribution in [0.1, 0.15) is 0 Å². The summed E-state index contributed by atoms with van der Waals surface area (Å²) < 4.78 is 0. The SMILES string of the molecule is [O-]N(c1c(Cl)c(Cl)c(Cl)c(Cl)c1Cl)c1c(Cl)c(Cl)c(Cl)c(Cl)c1Cl. The Morgan fingerprint density at radius 2 is 0.542 bits per heavy atom. The maximum Gasteiger partial charge on any atom is 0.0852 e. The number of nitrogens with zero attached hydrogens (tertiary/aromatic N) is 1. The third-order valence-electron chi connectivity index (χ3n) is 2.78.